The Balaban J connectivity index is 2.16. The summed E-state index contributed by atoms with van der Waals surface area (Å²) in [6, 6.07) is 1.65. The number of hydrogen-bond acceptors (Lipinski definition) is 8. The molecule has 1 atom stereocenters. The highest BCUT2D eigenvalue weighted by Gasteiger charge is 2.46. The number of carbonyl (C=O) groups excluding carboxylic acids is 2. The summed E-state index contributed by atoms with van der Waals surface area (Å²) in [5, 5.41) is 2.91. The lowest BCUT2D eigenvalue weighted by atomic mass is 10.0. The zero-order valence-electron chi connectivity index (χ0n) is 14.8. The number of carbonyl (C=O) groups is 2. The van der Waals surface area contributed by atoms with E-state index in [1.54, 1.807) is 24.6 Å². The Morgan fingerprint density at radius 1 is 1.46 bits per heavy atom. The van der Waals surface area contributed by atoms with Crippen LogP contribution in [0.5, 0.6) is 0 Å². The summed E-state index contributed by atoms with van der Waals surface area (Å²) in [4.78, 5) is 36.3. The van der Waals surface area contributed by atoms with Gasteiger partial charge in [0.05, 0.1) is 25.5 Å². The van der Waals surface area contributed by atoms with Gasteiger partial charge in [-0.1, -0.05) is 0 Å². The van der Waals surface area contributed by atoms with E-state index in [9.17, 15) is 14.4 Å². The van der Waals surface area contributed by atoms with E-state index in [4.69, 9.17) is 18.9 Å². The van der Waals surface area contributed by atoms with Crippen LogP contribution in [-0.4, -0.2) is 43.9 Å². The third-order valence-electron chi connectivity index (χ3n) is 4.57. The van der Waals surface area contributed by atoms with Gasteiger partial charge in [0.15, 0.2) is 0 Å². The predicted molar refractivity (Wildman–Crippen MR) is 88.2 cm³/mol. The van der Waals surface area contributed by atoms with Crippen LogP contribution in [0.4, 0.5) is 0 Å². The first kappa shape index (κ1) is 18.6. The minimum Gasteiger partial charge on any atom is -0.463 e. The van der Waals surface area contributed by atoms with Crippen LogP contribution in [0.2, 0.25) is 0 Å². The van der Waals surface area contributed by atoms with E-state index in [2.05, 4.69) is 5.32 Å². The standard InChI is InChI=1S/C17H22N2O7/c1-3-23-16(22)14(24-10-20)11-8-13-17(25-6-7-26-17)4-5-19(13)15(21)12(11)9-18-2/h8,10,14,18H,3-7,9H2,1-2H3. The van der Waals surface area contributed by atoms with Gasteiger partial charge in [-0.25, -0.2) is 4.79 Å². The number of nitrogens with zero attached hydrogens (tertiary/aromatic N) is 1. The molecular formula is C17H22N2O7. The largest absolute Gasteiger partial charge is 0.463 e. The van der Waals surface area contributed by atoms with E-state index in [0.29, 0.717) is 37.4 Å². The molecule has 1 N–H and O–H groups in total. The number of fused-ring (bicyclic) bond motifs is 2. The SMILES string of the molecule is CCOC(=O)C(OC=O)c1cc2n(c(=O)c1CNC)CCC21OCCO1. The van der Waals surface area contributed by atoms with E-state index in [0.717, 1.165) is 0 Å². The van der Waals surface area contributed by atoms with Crippen LogP contribution in [0.3, 0.4) is 0 Å². The second-order valence-electron chi connectivity index (χ2n) is 6.01. The molecule has 1 saturated heterocycles. The molecule has 0 bridgehead atoms. The quantitative estimate of drug-likeness (QED) is 0.529. The fourth-order valence-electron chi connectivity index (χ4n) is 3.50. The molecule has 26 heavy (non-hydrogen) atoms. The van der Waals surface area contributed by atoms with Gasteiger partial charge in [0, 0.05) is 30.6 Å². The maximum absolute atomic E-state index is 13.0. The Morgan fingerprint density at radius 2 is 2.19 bits per heavy atom. The lowest BCUT2D eigenvalue weighted by molar-refractivity contribution is -0.164. The number of aromatic nitrogens is 1. The van der Waals surface area contributed by atoms with Gasteiger partial charge in [0.1, 0.15) is 0 Å². The van der Waals surface area contributed by atoms with Crippen molar-refractivity contribution < 1.29 is 28.5 Å². The molecule has 1 aromatic rings. The molecule has 9 nitrogen and oxygen atoms in total. The molecule has 1 fully saturated rings. The van der Waals surface area contributed by atoms with Crippen LogP contribution in [0.25, 0.3) is 0 Å². The molecule has 3 rings (SSSR count). The summed E-state index contributed by atoms with van der Waals surface area (Å²) < 4.78 is 23.1. The lowest BCUT2D eigenvalue weighted by Gasteiger charge is -2.24. The van der Waals surface area contributed by atoms with Crippen LogP contribution in [-0.2, 0) is 47.4 Å². The fraction of sp³-hybridized carbons (Fsp3) is 0.588. The summed E-state index contributed by atoms with van der Waals surface area (Å²) in [6.45, 7) is 3.46. The Labute approximate surface area is 150 Å². The Kier molecular flexibility index (Phi) is 5.40. The Hall–Kier alpha value is -2.23. The van der Waals surface area contributed by atoms with Gasteiger partial charge in [-0.3, -0.25) is 9.59 Å². The topological polar surface area (TPSA) is 105 Å². The van der Waals surface area contributed by atoms with Crippen molar-refractivity contribution in [2.24, 2.45) is 0 Å². The number of pyridine rings is 1. The highest BCUT2D eigenvalue weighted by molar-refractivity contribution is 5.78. The second-order valence-corrected chi connectivity index (χ2v) is 6.01. The van der Waals surface area contributed by atoms with Crippen molar-refractivity contribution in [1.82, 2.24) is 9.88 Å². The summed E-state index contributed by atoms with van der Waals surface area (Å²) in [6.07, 6.45) is -0.822. The second kappa shape index (κ2) is 7.56. The summed E-state index contributed by atoms with van der Waals surface area (Å²) in [5.41, 5.74) is 0.873. The minimum absolute atomic E-state index is 0.124. The van der Waals surface area contributed by atoms with Crippen molar-refractivity contribution in [2.75, 3.05) is 26.9 Å². The molecule has 9 heteroatoms. The Bertz CT molecular complexity index is 752. The Morgan fingerprint density at radius 3 is 2.81 bits per heavy atom. The molecule has 0 radical (unpaired) electrons. The molecule has 1 unspecified atom stereocenters. The van der Waals surface area contributed by atoms with Gasteiger partial charge in [-0.15, -0.1) is 0 Å². The van der Waals surface area contributed by atoms with Crippen LogP contribution in [0, 0.1) is 0 Å². The number of nitrogens with one attached hydrogen (secondary N) is 1. The monoisotopic (exact) mass is 366 g/mol. The number of rotatable bonds is 7. The summed E-state index contributed by atoms with van der Waals surface area (Å²) in [5.74, 6) is -1.73. The summed E-state index contributed by atoms with van der Waals surface area (Å²) in [7, 11) is 1.69. The van der Waals surface area contributed by atoms with Gasteiger partial charge in [0.2, 0.25) is 11.9 Å². The smallest absolute Gasteiger partial charge is 0.352 e. The van der Waals surface area contributed by atoms with Crippen molar-refractivity contribution in [1.29, 1.82) is 0 Å². The number of esters is 1. The minimum atomic E-state index is -1.33. The highest BCUT2D eigenvalue weighted by atomic mass is 16.7. The normalized spacial score (nSPS) is 18.5. The maximum atomic E-state index is 13.0. The predicted octanol–water partition coefficient (Wildman–Crippen LogP) is -0.0518. The third kappa shape index (κ3) is 3.02. The van der Waals surface area contributed by atoms with E-state index < -0.39 is 17.9 Å². The molecule has 3 heterocycles. The van der Waals surface area contributed by atoms with Gasteiger partial charge in [-0.2, -0.15) is 0 Å². The molecule has 0 aromatic carbocycles. The van der Waals surface area contributed by atoms with Crippen molar-refractivity contribution in [3.05, 3.63) is 33.2 Å². The molecular weight excluding hydrogens is 344 g/mol. The van der Waals surface area contributed by atoms with E-state index >= 15 is 0 Å². The molecule has 1 spiro atoms. The van der Waals surface area contributed by atoms with E-state index in [1.807, 2.05) is 0 Å². The molecule has 2 aliphatic heterocycles. The molecule has 0 aliphatic carbocycles. The molecule has 0 amide bonds. The van der Waals surface area contributed by atoms with E-state index in [-0.39, 0.29) is 30.7 Å². The third-order valence-corrected chi connectivity index (χ3v) is 4.57. The van der Waals surface area contributed by atoms with Crippen molar-refractivity contribution in [3.8, 4) is 0 Å². The zero-order chi connectivity index (χ0) is 18.7. The molecule has 2 aliphatic rings. The first-order valence-corrected chi connectivity index (χ1v) is 8.53. The fourth-order valence-corrected chi connectivity index (χ4v) is 3.50. The molecule has 142 valence electrons. The first-order valence-electron chi connectivity index (χ1n) is 8.53. The van der Waals surface area contributed by atoms with Gasteiger partial charge >= 0.3 is 5.97 Å². The maximum Gasteiger partial charge on any atom is 0.352 e. The molecule has 0 saturated carbocycles. The average molecular weight is 366 g/mol. The first-order chi connectivity index (χ1) is 12.6. The lowest BCUT2D eigenvalue weighted by Crippen LogP contribution is -2.33. The van der Waals surface area contributed by atoms with E-state index in [1.165, 1.54) is 0 Å². The van der Waals surface area contributed by atoms with Crippen LogP contribution < -0.4 is 10.9 Å². The van der Waals surface area contributed by atoms with Crippen molar-refractivity contribution >= 4 is 12.4 Å². The van der Waals surface area contributed by atoms with Gasteiger partial charge in [-0.05, 0) is 20.0 Å². The number of hydrogen-bond donors (Lipinski definition) is 1. The zero-order valence-corrected chi connectivity index (χ0v) is 14.8. The van der Waals surface area contributed by atoms with Crippen molar-refractivity contribution in [2.45, 2.75) is 38.3 Å². The molecule has 1 aromatic heterocycles. The van der Waals surface area contributed by atoms with Gasteiger partial charge in [0.25, 0.3) is 12.0 Å². The van der Waals surface area contributed by atoms with Crippen molar-refractivity contribution in [3.63, 3.8) is 0 Å². The average Bonchev–Trinajstić information content (AvgIpc) is 3.24. The summed E-state index contributed by atoms with van der Waals surface area (Å²) >= 11 is 0. The highest BCUT2D eigenvalue weighted by Crippen LogP contribution is 2.40. The van der Waals surface area contributed by atoms with Crippen LogP contribution in [0.15, 0.2) is 10.9 Å². The van der Waals surface area contributed by atoms with Crippen LogP contribution in [0.1, 0.15) is 36.3 Å². The van der Waals surface area contributed by atoms with Crippen LogP contribution >= 0.6 is 0 Å². The number of ether oxygens (including phenoxy) is 4. The van der Waals surface area contributed by atoms with Gasteiger partial charge < -0.3 is 28.8 Å².